The Bertz CT molecular complexity index is 486. The van der Waals surface area contributed by atoms with Crippen molar-refractivity contribution in [1.29, 1.82) is 0 Å². The molecular formula is C17H20N2O. The number of carbonyl (C=O) groups is 1. The molecule has 3 N–H and O–H groups in total. The molecule has 3 nitrogen and oxygen atoms in total. The van der Waals surface area contributed by atoms with Crippen LogP contribution >= 0.6 is 0 Å². The molecule has 2 aromatic rings. The van der Waals surface area contributed by atoms with E-state index >= 15 is 0 Å². The number of carbonyl (C=O) groups excluding carboxylic acids is 1. The van der Waals surface area contributed by atoms with Gasteiger partial charge in [0.2, 0.25) is 5.91 Å². The standard InChI is InChI=1S/C17H20N2O/c18-17(20)11-12-19-13-16(14-7-3-1-4-8-14)15-9-5-2-6-10-15/h1-10,16,19H,11-13H2,(H2,18,20). The maximum Gasteiger partial charge on any atom is 0.218 e. The van der Waals surface area contributed by atoms with E-state index in [1.165, 1.54) is 11.1 Å². The lowest BCUT2D eigenvalue weighted by atomic mass is 9.91. The summed E-state index contributed by atoms with van der Waals surface area (Å²) in [7, 11) is 0. The molecule has 0 saturated heterocycles. The zero-order valence-corrected chi connectivity index (χ0v) is 11.5. The molecule has 104 valence electrons. The van der Waals surface area contributed by atoms with Gasteiger partial charge in [0, 0.05) is 25.4 Å². The predicted molar refractivity (Wildman–Crippen MR) is 81.4 cm³/mol. The summed E-state index contributed by atoms with van der Waals surface area (Å²) in [6.45, 7) is 1.41. The van der Waals surface area contributed by atoms with Gasteiger partial charge < -0.3 is 11.1 Å². The highest BCUT2D eigenvalue weighted by atomic mass is 16.1. The molecule has 20 heavy (non-hydrogen) atoms. The van der Waals surface area contributed by atoms with E-state index in [9.17, 15) is 4.79 Å². The topological polar surface area (TPSA) is 55.1 Å². The average Bonchev–Trinajstić information content (AvgIpc) is 2.49. The second-order valence-electron chi connectivity index (χ2n) is 4.79. The largest absolute Gasteiger partial charge is 0.370 e. The summed E-state index contributed by atoms with van der Waals surface area (Å²) in [5, 5.41) is 3.31. The van der Waals surface area contributed by atoms with Crippen molar-refractivity contribution in [2.75, 3.05) is 13.1 Å². The second kappa shape index (κ2) is 7.46. The van der Waals surface area contributed by atoms with E-state index in [-0.39, 0.29) is 11.8 Å². The van der Waals surface area contributed by atoms with E-state index < -0.39 is 0 Å². The van der Waals surface area contributed by atoms with Crippen LogP contribution in [0.5, 0.6) is 0 Å². The van der Waals surface area contributed by atoms with Gasteiger partial charge in [-0.1, -0.05) is 60.7 Å². The van der Waals surface area contributed by atoms with Gasteiger partial charge in [0.05, 0.1) is 0 Å². The molecule has 0 aliphatic rings. The molecule has 0 unspecified atom stereocenters. The Morgan fingerprint density at radius 3 is 1.90 bits per heavy atom. The second-order valence-corrected chi connectivity index (χ2v) is 4.79. The monoisotopic (exact) mass is 268 g/mol. The van der Waals surface area contributed by atoms with Gasteiger partial charge in [-0.25, -0.2) is 0 Å². The molecule has 3 heteroatoms. The van der Waals surface area contributed by atoms with Crippen molar-refractivity contribution in [2.45, 2.75) is 12.3 Å². The summed E-state index contributed by atoms with van der Waals surface area (Å²) in [5.41, 5.74) is 7.69. The number of amides is 1. The number of nitrogens with one attached hydrogen (secondary N) is 1. The van der Waals surface area contributed by atoms with Crippen LogP contribution in [0.4, 0.5) is 0 Å². The smallest absolute Gasteiger partial charge is 0.218 e. The van der Waals surface area contributed by atoms with Gasteiger partial charge in [-0.2, -0.15) is 0 Å². The predicted octanol–water partition coefficient (Wildman–Crippen LogP) is 2.28. The number of nitrogens with two attached hydrogens (primary N) is 1. The summed E-state index contributed by atoms with van der Waals surface area (Å²) >= 11 is 0. The fourth-order valence-electron chi connectivity index (χ4n) is 2.26. The van der Waals surface area contributed by atoms with E-state index in [0.717, 1.165) is 6.54 Å². The minimum atomic E-state index is -0.270. The number of hydrogen-bond donors (Lipinski definition) is 2. The van der Waals surface area contributed by atoms with Crippen LogP contribution in [0.25, 0.3) is 0 Å². The first-order chi connectivity index (χ1) is 9.77. The average molecular weight is 268 g/mol. The Hall–Kier alpha value is -2.13. The molecule has 0 fully saturated rings. The Labute approximate surface area is 119 Å². The van der Waals surface area contributed by atoms with Crippen LogP contribution < -0.4 is 11.1 Å². The van der Waals surface area contributed by atoms with Crippen LogP contribution in [0.15, 0.2) is 60.7 Å². The van der Waals surface area contributed by atoms with Crippen LogP contribution in [0.3, 0.4) is 0 Å². The third-order valence-corrected chi connectivity index (χ3v) is 3.30. The molecular weight excluding hydrogens is 248 g/mol. The molecule has 0 aliphatic heterocycles. The van der Waals surface area contributed by atoms with Crippen molar-refractivity contribution in [1.82, 2.24) is 5.32 Å². The van der Waals surface area contributed by atoms with Gasteiger partial charge in [-0.15, -0.1) is 0 Å². The number of benzene rings is 2. The first kappa shape index (κ1) is 14.3. The normalized spacial score (nSPS) is 10.7. The Balaban J connectivity index is 2.07. The van der Waals surface area contributed by atoms with E-state index in [4.69, 9.17) is 5.73 Å². The van der Waals surface area contributed by atoms with Crippen LogP contribution in [-0.2, 0) is 4.79 Å². The zero-order chi connectivity index (χ0) is 14.2. The van der Waals surface area contributed by atoms with Crippen LogP contribution in [0, 0.1) is 0 Å². The highest BCUT2D eigenvalue weighted by molar-refractivity contribution is 5.73. The van der Waals surface area contributed by atoms with Crippen molar-refractivity contribution in [2.24, 2.45) is 5.73 Å². The lowest BCUT2D eigenvalue weighted by Gasteiger charge is -2.18. The Kier molecular flexibility index (Phi) is 5.33. The van der Waals surface area contributed by atoms with E-state index in [1.807, 2.05) is 12.1 Å². The van der Waals surface area contributed by atoms with E-state index in [1.54, 1.807) is 0 Å². The molecule has 0 heterocycles. The maximum absolute atomic E-state index is 10.8. The Morgan fingerprint density at radius 1 is 0.950 bits per heavy atom. The molecule has 0 radical (unpaired) electrons. The number of primary amides is 1. The van der Waals surface area contributed by atoms with Crippen LogP contribution in [0.1, 0.15) is 23.5 Å². The van der Waals surface area contributed by atoms with Crippen molar-refractivity contribution in [3.63, 3.8) is 0 Å². The fraction of sp³-hybridized carbons (Fsp3) is 0.235. The summed E-state index contributed by atoms with van der Waals surface area (Å²) in [5.74, 6) is 0.0127. The van der Waals surface area contributed by atoms with Gasteiger partial charge in [-0.05, 0) is 11.1 Å². The van der Waals surface area contributed by atoms with Gasteiger partial charge in [0.15, 0.2) is 0 Å². The van der Waals surface area contributed by atoms with Gasteiger partial charge in [0.25, 0.3) is 0 Å². The summed E-state index contributed by atoms with van der Waals surface area (Å²) in [4.78, 5) is 10.8. The van der Waals surface area contributed by atoms with Crippen LogP contribution in [0.2, 0.25) is 0 Å². The van der Waals surface area contributed by atoms with Crippen LogP contribution in [-0.4, -0.2) is 19.0 Å². The molecule has 0 aliphatic carbocycles. The first-order valence-electron chi connectivity index (χ1n) is 6.86. The summed E-state index contributed by atoms with van der Waals surface area (Å²) < 4.78 is 0. The van der Waals surface area contributed by atoms with Gasteiger partial charge in [-0.3, -0.25) is 4.79 Å². The van der Waals surface area contributed by atoms with E-state index in [0.29, 0.717) is 13.0 Å². The van der Waals surface area contributed by atoms with Crippen molar-refractivity contribution in [3.8, 4) is 0 Å². The molecule has 0 aromatic heterocycles. The minimum Gasteiger partial charge on any atom is -0.370 e. The number of hydrogen-bond acceptors (Lipinski definition) is 2. The van der Waals surface area contributed by atoms with Gasteiger partial charge >= 0.3 is 0 Å². The third kappa shape index (κ3) is 4.21. The summed E-state index contributed by atoms with van der Waals surface area (Å²) in [6, 6.07) is 20.8. The van der Waals surface area contributed by atoms with Crippen molar-refractivity contribution < 1.29 is 4.79 Å². The molecule has 0 atom stereocenters. The molecule has 1 amide bonds. The van der Waals surface area contributed by atoms with Gasteiger partial charge in [0.1, 0.15) is 0 Å². The molecule has 0 spiro atoms. The lowest BCUT2D eigenvalue weighted by Crippen LogP contribution is -2.26. The molecule has 2 rings (SSSR count). The zero-order valence-electron chi connectivity index (χ0n) is 11.5. The highest BCUT2D eigenvalue weighted by Gasteiger charge is 2.13. The van der Waals surface area contributed by atoms with E-state index in [2.05, 4.69) is 53.8 Å². The fourth-order valence-corrected chi connectivity index (χ4v) is 2.26. The first-order valence-corrected chi connectivity index (χ1v) is 6.86. The quantitative estimate of drug-likeness (QED) is 0.757. The maximum atomic E-state index is 10.8. The molecule has 2 aromatic carbocycles. The highest BCUT2D eigenvalue weighted by Crippen LogP contribution is 2.23. The van der Waals surface area contributed by atoms with Crippen molar-refractivity contribution >= 4 is 5.91 Å². The van der Waals surface area contributed by atoms with Crippen molar-refractivity contribution in [3.05, 3.63) is 71.8 Å². The Morgan fingerprint density at radius 2 is 1.45 bits per heavy atom. The lowest BCUT2D eigenvalue weighted by molar-refractivity contribution is -0.117. The minimum absolute atomic E-state index is 0.270. The summed E-state index contributed by atoms with van der Waals surface area (Å²) in [6.07, 6.45) is 0.371. The molecule has 0 saturated carbocycles. The SMILES string of the molecule is NC(=O)CCNCC(c1ccccc1)c1ccccc1. The molecule has 0 bridgehead atoms. The third-order valence-electron chi connectivity index (χ3n) is 3.30. The number of rotatable bonds is 7.